The molecule has 0 radical (unpaired) electrons. The molecule has 6 heteroatoms. The van der Waals surface area contributed by atoms with Crippen molar-refractivity contribution < 1.29 is 4.42 Å². The first kappa shape index (κ1) is 11.7. The minimum absolute atomic E-state index is 0.449. The summed E-state index contributed by atoms with van der Waals surface area (Å²) >= 11 is 0. The smallest absolute Gasteiger partial charge is 0.408 e. The Labute approximate surface area is 108 Å². The number of H-pyrrole nitrogens is 1. The molecule has 3 N–H and O–H groups in total. The molecule has 3 aromatic rings. The monoisotopic (exact) mass is 258 g/mol. The summed E-state index contributed by atoms with van der Waals surface area (Å²) in [5.74, 6) is -0.449. The van der Waals surface area contributed by atoms with Crippen LogP contribution in [-0.2, 0) is 13.5 Å². The molecular formula is C13H14N4O2. The van der Waals surface area contributed by atoms with Crippen molar-refractivity contribution in [2.24, 2.45) is 12.8 Å². The van der Waals surface area contributed by atoms with Crippen LogP contribution in [0, 0.1) is 0 Å². The van der Waals surface area contributed by atoms with E-state index < -0.39 is 5.76 Å². The van der Waals surface area contributed by atoms with Crippen molar-refractivity contribution in [3.05, 3.63) is 40.5 Å². The maximum atomic E-state index is 11.2. The number of hydrogen-bond donors (Lipinski definition) is 2. The number of nitrogens with two attached hydrogens (primary N) is 1. The molecule has 0 atom stereocenters. The summed E-state index contributed by atoms with van der Waals surface area (Å²) in [6.07, 6.45) is 2.73. The lowest BCUT2D eigenvalue weighted by Gasteiger charge is -2.00. The van der Waals surface area contributed by atoms with Crippen molar-refractivity contribution in [3.63, 3.8) is 0 Å². The van der Waals surface area contributed by atoms with Crippen LogP contribution < -0.4 is 11.5 Å². The van der Waals surface area contributed by atoms with E-state index in [0.29, 0.717) is 17.6 Å². The highest BCUT2D eigenvalue weighted by atomic mass is 16.4. The second-order valence-electron chi connectivity index (χ2n) is 4.44. The van der Waals surface area contributed by atoms with E-state index in [9.17, 15) is 4.79 Å². The number of rotatable bonds is 3. The Morgan fingerprint density at radius 3 is 3.11 bits per heavy atom. The number of nitrogens with one attached hydrogen (secondary N) is 1. The van der Waals surface area contributed by atoms with Gasteiger partial charge in [-0.05, 0) is 36.7 Å². The normalized spacial score (nSPS) is 11.3. The molecule has 3 rings (SSSR count). The second kappa shape index (κ2) is 4.40. The molecule has 1 aromatic carbocycles. The number of aromatic nitrogens is 3. The van der Waals surface area contributed by atoms with Crippen molar-refractivity contribution in [1.29, 1.82) is 0 Å². The van der Waals surface area contributed by atoms with E-state index in [2.05, 4.69) is 10.1 Å². The van der Waals surface area contributed by atoms with Gasteiger partial charge in [0, 0.05) is 18.8 Å². The third-order valence-electron chi connectivity index (χ3n) is 3.01. The molecule has 0 spiro atoms. The summed E-state index contributed by atoms with van der Waals surface area (Å²) in [7, 11) is 1.88. The molecule has 2 aromatic heterocycles. The molecule has 98 valence electrons. The lowest BCUT2D eigenvalue weighted by atomic mass is 10.1. The van der Waals surface area contributed by atoms with Crippen LogP contribution in [0.2, 0.25) is 0 Å². The molecule has 0 aliphatic rings. The van der Waals surface area contributed by atoms with Gasteiger partial charge in [-0.25, -0.2) is 4.79 Å². The lowest BCUT2D eigenvalue weighted by Crippen LogP contribution is -2.02. The topological polar surface area (TPSA) is 89.8 Å². The highest BCUT2D eigenvalue weighted by Crippen LogP contribution is 2.25. The lowest BCUT2D eigenvalue weighted by molar-refractivity contribution is 0.555. The maximum Gasteiger partial charge on any atom is 0.417 e. The van der Waals surface area contributed by atoms with E-state index >= 15 is 0 Å². The zero-order valence-corrected chi connectivity index (χ0v) is 10.5. The summed E-state index contributed by atoms with van der Waals surface area (Å²) in [5.41, 5.74) is 9.75. The van der Waals surface area contributed by atoms with Gasteiger partial charge in [0.05, 0.1) is 11.2 Å². The van der Waals surface area contributed by atoms with Crippen LogP contribution in [0.25, 0.3) is 22.4 Å². The van der Waals surface area contributed by atoms with Gasteiger partial charge in [0.2, 0.25) is 0 Å². The van der Waals surface area contributed by atoms with E-state index in [1.54, 1.807) is 10.7 Å². The van der Waals surface area contributed by atoms with Crippen LogP contribution in [0.5, 0.6) is 0 Å². The van der Waals surface area contributed by atoms with Gasteiger partial charge >= 0.3 is 5.76 Å². The van der Waals surface area contributed by atoms with E-state index in [-0.39, 0.29) is 0 Å². The largest absolute Gasteiger partial charge is 0.417 e. The van der Waals surface area contributed by atoms with Crippen LogP contribution in [0.4, 0.5) is 0 Å². The van der Waals surface area contributed by atoms with E-state index in [1.807, 2.05) is 25.4 Å². The van der Waals surface area contributed by atoms with Gasteiger partial charge in [0.15, 0.2) is 5.58 Å². The minimum atomic E-state index is -0.449. The first-order valence-corrected chi connectivity index (χ1v) is 6.03. The Kier molecular flexibility index (Phi) is 2.72. The Bertz CT molecular complexity index is 781. The summed E-state index contributed by atoms with van der Waals surface area (Å²) in [4.78, 5) is 13.8. The number of benzene rings is 1. The third kappa shape index (κ3) is 2.06. The van der Waals surface area contributed by atoms with Gasteiger partial charge in [-0.2, -0.15) is 5.10 Å². The predicted octanol–water partition coefficient (Wildman–Crippen LogP) is 1.02. The summed E-state index contributed by atoms with van der Waals surface area (Å²) in [5, 5.41) is 4.45. The van der Waals surface area contributed by atoms with Crippen LogP contribution >= 0.6 is 0 Å². The second-order valence-corrected chi connectivity index (χ2v) is 4.44. The highest BCUT2D eigenvalue weighted by molar-refractivity contribution is 5.79. The standard InChI is InChI=1S/C13H14N4O2/c1-17-7-9(4-5-14)12(16-17)8-2-3-11-10(6-8)15-13(18)19-11/h2-3,6-7H,4-5,14H2,1H3,(H,15,18). The number of aryl methyl sites for hydroxylation is 1. The number of fused-ring (bicyclic) bond motifs is 1. The zero-order chi connectivity index (χ0) is 13.4. The first-order chi connectivity index (χ1) is 9.17. The molecule has 0 unspecified atom stereocenters. The first-order valence-electron chi connectivity index (χ1n) is 6.03. The summed E-state index contributed by atoms with van der Waals surface area (Å²) in [6, 6.07) is 5.52. The molecule has 19 heavy (non-hydrogen) atoms. The molecule has 0 aliphatic heterocycles. The summed E-state index contributed by atoms with van der Waals surface area (Å²) < 4.78 is 6.75. The molecule has 0 amide bonds. The molecule has 0 bridgehead atoms. The average molecular weight is 258 g/mol. The number of oxazole rings is 1. The Hall–Kier alpha value is -2.34. The van der Waals surface area contributed by atoms with Crippen molar-refractivity contribution in [2.75, 3.05) is 6.54 Å². The van der Waals surface area contributed by atoms with E-state index in [0.717, 1.165) is 23.2 Å². The van der Waals surface area contributed by atoms with Gasteiger partial charge in [0.1, 0.15) is 0 Å². The number of hydrogen-bond acceptors (Lipinski definition) is 4. The Morgan fingerprint density at radius 1 is 1.47 bits per heavy atom. The molecule has 0 saturated carbocycles. The zero-order valence-electron chi connectivity index (χ0n) is 10.5. The van der Waals surface area contributed by atoms with E-state index in [1.165, 1.54) is 0 Å². The fraction of sp³-hybridized carbons (Fsp3) is 0.231. The van der Waals surface area contributed by atoms with Gasteiger partial charge in [-0.1, -0.05) is 0 Å². The van der Waals surface area contributed by atoms with Gasteiger partial charge < -0.3 is 10.2 Å². The molecular weight excluding hydrogens is 244 g/mol. The Morgan fingerprint density at radius 2 is 2.32 bits per heavy atom. The molecule has 0 saturated heterocycles. The number of aromatic amines is 1. The minimum Gasteiger partial charge on any atom is -0.408 e. The van der Waals surface area contributed by atoms with Gasteiger partial charge in [0.25, 0.3) is 0 Å². The number of nitrogens with zero attached hydrogens (tertiary/aromatic N) is 2. The molecule has 0 fully saturated rings. The third-order valence-corrected chi connectivity index (χ3v) is 3.01. The maximum absolute atomic E-state index is 11.2. The van der Waals surface area contributed by atoms with Crippen LogP contribution in [0.3, 0.4) is 0 Å². The van der Waals surface area contributed by atoms with Crippen molar-refractivity contribution in [1.82, 2.24) is 14.8 Å². The quantitative estimate of drug-likeness (QED) is 0.734. The van der Waals surface area contributed by atoms with Crippen molar-refractivity contribution >= 4 is 11.1 Å². The summed E-state index contributed by atoms with van der Waals surface area (Å²) in [6.45, 7) is 0.573. The van der Waals surface area contributed by atoms with Crippen molar-refractivity contribution in [2.45, 2.75) is 6.42 Å². The van der Waals surface area contributed by atoms with Crippen LogP contribution in [0.1, 0.15) is 5.56 Å². The fourth-order valence-electron chi connectivity index (χ4n) is 2.22. The van der Waals surface area contributed by atoms with Crippen LogP contribution in [0.15, 0.2) is 33.6 Å². The fourth-order valence-corrected chi connectivity index (χ4v) is 2.22. The average Bonchev–Trinajstić information content (AvgIpc) is 2.90. The van der Waals surface area contributed by atoms with E-state index in [4.69, 9.17) is 10.2 Å². The van der Waals surface area contributed by atoms with Crippen LogP contribution in [-0.4, -0.2) is 21.3 Å². The molecule has 2 heterocycles. The molecule has 0 aliphatic carbocycles. The van der Waals surface area contributed by atoms with Crippen molar-refractivity contribution in [3.8, 4) is 11.3 Å². The SMILES string of the molecule is Cn1cc(CCN)c(-c2ccc3oc(=O)[nH]c3c2)n1. The van der Waals surface area contributed by atoms with Gasteiger partial charge in [-0.15, -0.1) is 0 Å². The predicted molar refractivity (Wildman–Crippen MR) is 71.8 cm³/mol. The molecule has 6 nitrogen and oxygen atoms in total. The Balaban J connectivity index is 2.15. The highest BCUT2D eigenvalue weighted by Gasteiger charge is 2.11. The van der Waals surface area contributed by atoms with Gasteiger partial charge in [-0.3, -0.25) is 9.67 Å².